The number of allylic oxidation sites excluding steroid dienone is 2. The van der Waals surface area contributed by atoms with Crippen LogP contribution < -0.4 is 0 Å². The molecule has 0 saturated heterocycles. The molecule has 0 aromatic heterocycles. The molecule has 4 N–H and O–H groups in total. The van der Waals surface area contributed by atoms with E-state index in [1.165, 1.54) is 20.8 Å². The van der Waals surface area contributed by atoms with Gasteiger partial charge < -0.3 is 0 Å². The molecule has 0 aliphatic rings. The lowest BCUT2D eigenvalue weighted by Crippen LogP contribution is -2.35. The molecule has 0 radical (unpaired) electrons. The molecule has 0 rings (SSSR count). The molecule has 0 heterocycles. The van der Waals surface area contributed by atoms with Crippen LogP contribution in [0, 0.1) is 5.41 Å². The average molecular weight is 372 g/mol. The fourth-order valence-electron chi connectivity index (χ4n) is 0.977. The Bertz CT molecular complexity index is 774. The second kappa shape index (κ2) is 6.88. The van der Waals surface area contributed by atoms with Crippen molar-refractivity contribution in [3.8, 4) is 0 Å². The smallest absolute Gasteiger partial charge is 0.288 e. The maximum absolute atomic E-state index is 14.1. The van der Waals surface area contributed by atoms with E-state index >= 15 is 0 Å². The van der Waals surface area contributed by atoms with E-state index in [2.05, 4.69) is 6.58 Å². The van der Waals surface area contributed by atoms with E-state index in [4.69, 9.17) is 14.5 Å². The number of halogens is 1. The molecule has 23 heavy (non-hydrogen) atoms. The molecule has 0 unspecified atom stereocenters. The molecule has 0 atom stereocenters. The summed E-state index contributed by atoms with van der Waals surface area (Å²) in [5, 5.41) is 15.7. The van der Waals surface area contributed by atoms with Crippen LogP contribution in [0.2, 0.25) is 0 Å². The topological polar surface area (TPSA) is 156 Å². The van der Waals surface area contributed by atoms with Gasteiger partial charge in [0.15, 0.2) is 5.04 Å². The largest absolute Gasteiger partial charge is 0.312 e. The van der Waals surface area contributed by atoms with Gasteiger partial charge in [-0.25, -0.2) is 4.39 Å². The van der Waals surface area contributed by atoms with Gasteiger partial charge in [-0.2, -0.15) is 16.8 Å². The van der Waals surface area contributed by atoms with Crippen LogP contribution in [0.4, 0.5) is 4.39 Å². The highest BCUT2D eigenvalue weighted by Crippen LogP contribution is 2.22. The third-order valence-electron chi connectivity index (χ3n) is 2.32. The van der Waals surface area contributed by atoms with E-state index in [0.29, 0.717) is 11.3 Å². The minimum atomic E-state index is -5.15. The van der Waals surface area contributed by atoms with Crippen LogP contribution in [0.5, 0.6) is 0 Å². The third kappa shape index (κ3) is 6.58. The predicted molar refractivity (Wildman–Crippen MR) is 80.6 cm³/mol. The van der Waals surface area contributed by atoms with E-state index in [1.54, 1.807) is 0 Å². The highest BCUT2D eigenvalue weighted by Gasteiger charge is 2.26. The summed E-state index contributed by atoms with van der Waals surface area (Å²) in [6.45, 7) is 7.22. The standard InChI is InChI=1S/C11H17FN2O7S2/c1-7(22(16,17)18)5-9(12)8(10(13)23(19,20)21)6-14(15)11(2,3)4/h5-6,13,15H,1H2,2-4H3,(H,16,17,18)(H,19,20,21)/b8-6?,9-5+,13-10?. The second-order valence-corrected chi connectivity index (χ2v) is 8.13. The van der Waals surface area contributed by atoms with Gasteiger partial charge in [0.25, 0.3) is 10.1 Å². The highest BCUT2D eigenvalue weighted by atomic mass is 32.2. The van der Waals surface area contributed by atoms with Crippen molar-refractivity contribution >= 4 is 25.3 Å². The lowest BCUT2D eigenvalue weighted by Gasteiger charge is -2.28. The summed E-state index contributed by atoms with van der Waals surface area (Å²) in [6, 6.07) is 0. The number of hydrogen-bond donors (Lipinski definition) is 4. The predicted octanol–water partition coefficient (Wildman–Crippen LogP) is 1.48. The van der Waals surface area contributed by atoms with Crippen LogP contribution >= 0.6 is 0 Å². The summed E-state index contributed by atoms with van der Waals surface area (Å²) in [4.78, 5) is -1.12. The molecule has 0 aromatic carbocycles. The quantitative estimate of drug-likeness (QED) is 0.186. The maximum atomic E-state index is 14.1. The van der Waals surface area contributed by atoms with Gasteiger partial charge in [0.05, 0.1) is 16.0 Å². The Balaban J connectivity index is 6.20. The maximum Gasteiger partial charge on any atom is 0.312 e. The highest BCUT2D eigenvalue weighted by molar-refractivity contribution is 8.02. The van der Waals surface area contributed by atoms with Crippen molar-refractivity contribution in [1.82, 2.24) is 5.06 Å². The molecular formula is C11H17FN2O7S2. The van der Waals surface area contributed by atoms with Crippen molar-refractivity contribution in [2.24, 2.45) is 0 Å². The lowest BCUT2D eigenvalue weighted by atomic mass is 10.1. The van der Waals surface area contributed by atoms with Gasteiger partial charge in [-0.1, -0.05) is 6.58 Å². The van der Waals surface area contributed by atoms with Crippen LogP contribution in [-0.4, -0.2) is 46.8 Å². The van der Waals surface area contributed by atoms with Gasteiger partial charge in [0, 0.05) is 6.20 Å². The summed E-state index contributed by atoms with van der Waals surface area (Å²) in [7, 11) is -10.0. The molecule has 0 aliphatic carbocycles. The Morgan fingerprint density at radius 2 is 1.61 bits per heavy atom. The first kappa shape index (κ1) is 21.4. The van der Waals surface area contributed by atoms with E-state index in [9.17, 15) is 26.4 Å². The molecule has 0 saturated carbocycles. The van der Waals surface area contributed by atoms with Crippen molar-refractivity contribution in [2.75, 3.05) is 0 Å². The molecule has 132 valence electrons. The molecule has 0 aromatic rings. The van der Waals surface area contributed by atoms with E-state index in [-0.39, 0.29) is 6.08 Å². The van der Waals surface area contributed by atoms with Crippen molar-refractivity contribution in [3.63, 3.8) is 0 Å². The van der Waals surface area contributed by atoms with Gasteiger partial charge in [-0.3, -0.25) is 24.8 Å². The Morgan fingerprint density at radius 3 is 1.91 bits per heavy atom. The first-order chi connectivity index (χ1) is 9.98. The van der Waals surface area contributed by atoms with E-state index < -0.39 is 47.1 Å². The van der Waals surface area contributed by atoms with Crippen LogP contribution in [-0.2, 0) is 20.2 Å². The van der Waals surface area contributed by atoms with Crippen molar-refractivity contribution in [2.45, 2.75) is 26.3 Å². The van der Waals surface area contributed by atoms with Gasteiger partial charge in [-0.15, -0.1) is 0 Å². The fraction of sp³-hybridized carbons (Fsp3) is 0.364. The van der Waals surface area contributed by atoms with Crippen molar-refractivity contribution in [1.29, 1.82) is 5.41 Å². The Hall–Kier alpha value is -1.60. The van der Waals surface area contributed by atoms with Crippen LogP contribution in [0.3, 0.4) is 0 Å². The SMILES string of the molecule is C=C(/C=C(/F)C(=CN(O)C(C)(C)C)C(=N)S(=O)(=O)O)S(=O)(=O)O. The number of nitrogens with zero attached hydrogens (tertiary/aromatic N) is 1. The molecule has 0 fully saturated rings. The summed E-state index contributed by atoms with van der Waals surface area (Å²) in [6.07, 6.45) is 0.608. The summed E-state index contributed by atoms with van der Waals surface area (Å²) < 4.78 is 75.2. The second-order valence-electron chi connectivity index (χ2n) is 5.30. The van der Waals surface area contributed by atoms with E-state index in [1.807, 2.05) is 0 Å². The van der Waals surface area contributed by atoms with Gasteiger partial charge in [0.1, 0.15) is 5.83 Å². The number of nitrogens with one attached hydrogen (secondary N) is 1. The van der Waals surface area contributed by atoms with Crippen LogP contribution in [0.25, 0.3) is 0 Å². The first-order valence-electron chi connectivity index (χ1n) is 5.78. The third-order valence-corrected chi connectivity index (χ3v) is 3.83. The van der Waals surface area contributed by atoms with Gasteiger partial charge in [-0.05, 0) is 26.8 Å². The van der Waals surface area contributed by atoms with Crippen LogP contribution in [0.15, 0.2) is 35.2 Å². The summed E-state index contributed by atoms with van der Waals surface area (Å²) in [5.74, 6) is -1.64. The molecule has 12 heteroatoms. The van der Waals surface area contributed by atoms with Gasteiger partial charge >= 0.3 is 10.1 Å². The average Bonchev–Trinajstić information content (AvgIpc) is 2.30. The minimum Gasteiger partial charge on any atom is -0.288 e. The monoisotopic (exact) mass is 372 g/mol. The molecule has 0 bridgehead atoms. The Morgan fingerprint density at radius 1 is 1.17 bits per heavy atom. The number of rotatable bonds is 5. The Kier molecular flexibility index (Phi) is 6.40. The first-order valence-corrected chi connectivity index (χ1v) is 8.66. The normalized spacial score (nSPS) is 14.6. The zero-order valence-electron chi connectivity index (χ0n) is 12.5. The summed E-state index contributed by atoms with van der Waals surface area (Å²) >= 11 is 0. The molecular weight excluding hydrogens is 355 g/mol. The Labute approximate surface area is 133 Å². The molecule has 0 spiro atoms. The van der Waals surface area contributed by atoms with Crippen molar-refractivity contribution in [3.05, 3.63) is 35.2 Å². The minimum absolute atomic E-state index is 0.136. The molecule has 9 nitrogen and oxygen atoms in total. The zero-order chi connectivity index (χ0) is 18.8. The molecule has 0 aliphatic heterocycles. The van der Waals surface area contributed by atoms with E-state index in [0.717, 1.165) is 0 Å². The lowest BCUT2D eigenvalue weighted by molar-refractivity contribution is -0.110. The fourth-order valence-corrected chi connectivity index (χ4v) is 1.66. The number of hydroxylamine groups is 2. The molecule has 0 amide bonds. The zero-order valence-corrected chi connectivity index (χ0v) is 14.1. The van der Waals surface area contributed by atoms with Crippen LogP contribution in [0.1, 0.15) is 20.8 Å². The van der Waals surface area contributed by atoms with Gasteiger partial charge in [0.2, 0.25) is 0 Å². The van der Waals surface area contributed by atoms with Crippen molar-refractivity contribution < 1.29 is 35.5 Å². The summed E-state index contributed by atoms with van der Waals surface area (Å²) in [5.41, 5.74) is -2.18. The number of hydrogen-bond acceptors (Lipinski definition) is 7.